The van der Waals surface area contributed by atoms with Crippen LogP contribution in [0.2, 0.25) is 25.7 Å². The van der Waals surface area contributed by atoms with Crippen LogP contribution in [0.4, 0.5) is 11.4 Å². The third-order valence-corrected chi connectivity index (χ3v) is 5.15. The third kappa shape index (κ3) is 4.77. The van der Waals surface area contributed by atoms with Gasteiger partial charge in [-0.3, -0.25) is 4.79 Å². The van der Waals surface area contributed by atoms with E-state index >= 15 is 0 Å². The third-order valence-electron chi connectivity index (χ3n) is 3.79. The molecule has 1 saturated heterocycles. The molecule has 0 bridgehead atoms. The first kappa shape index (κ1) is 15.9. The van der Waals surface area contributed by atoms with Crippen molar-refractivity contribution in [3.8, 4) is 0 Å². The van der Waals surface area contributed by atoms with Gasteiger partial charge >= 0.3 is 0 Å². The first-order valence-corrected chi connectivity index (χ1v) is 11.4. The van der Waals surface area contributed by atoms with Crippen LogP contribution >= 0.6 is 0 Å². The second-order valence-corrected chi connectivity index (χ2v) is 12.5. The van der Waals surface area contributed by atoms with Crippen LogP contribution in [0.1, 0.15) is 6.42 Å². The molecule has 116 valence electrons. The Labute approximate surface area is 128 Å². The summed E-state index contributed by atoms with van der Waals surface area (Å²) in [5.74, 6) is 0.341. The van der Waals surface area contributed by atoms with E-state index in [1.807, 2.05) is 12.1 Å². The number of hydrogen-bond acceptors (Lipinski definition) is 3. The van der Waals surface area contributed by atoms with E-state index in [-0.39, 0.29) is 0 Å². The van der Waals surface area contributed by atoms with Gasteiger partial charge in [-0.2, -0.15) is 0 Å². The molecule has 1 aromatic rings. The van der Waals surface area contributed by atoms with E-state index in [4.69, 9.17) is 5.73 Å². The molecule has 0 aliphatic carbocycles. The Morgan fingerprint density at radius 2 is 1.76 bits per heavy atom. The average molecular weight is 305 g/mol. The van der Waals surface area contributed by atoms with Crippen molar-refractivity contribution < 1.29 is 4.79 Å². The Balaban J connectivity index is 1.95. The number of amides is 1. The fourth-order valence-corrected chi connectivity index (χ4v) is 3.81. The number of rotatable bonds is 3. The summed E-state index contributed by atoms with van der Waals surface area (Å²) in [5, 5.41) is 0. The highest BCUT2D eigenvalue weighted by Gasteiger charge is 2.24. The van der Waals surface area contributed by atoms with Crippen molar-refractivity contribution in [3.05, 3.63) is 24.3 Å². The van der Waals surface area contributed by atoms with Crippen LogP contribution in [-0.2, 0) is 4.79 Å². The summed E-state index contributed by atoms with van der Waals surface area (Å²) >= 11 is 0. The molecule has 2 N–H and O–H groups in total. The quantitative estimate of drug-likeness (QED) is 0.690. The second-order valence-electron chi connectivity index (χ2n) is 7.05. The van der Waals surface area contributed by atoms with E-state index in [0.717, 1.165) is 44.3 Å². The monoisotopic (exact) mass is 305 g/mol. The molecule has 1 heterocycles. The number of anilines is 2. The van der Waals surface area contributed by atoms with Crippen LogP contribution in [-0.4, -0.2) is 45.1 Å². The molecule has 0 aromatic heterocycles. The fourth-order valence-electron chi connectivity index (χ4n) is 2.68. The minimum Gasteiger partial charge on any atom is -0.399 e. The standard InChI is InChI=1S/C16H27N3OSi/c1-21(2,3)13-16(20)19-10-4-9-18(11-12-19)15-7-5-14(17)6-8-15/h5-8H,4,9-13,17H2,1-3H3. The van der Waals surface area contributed by atoms with Gasteiger partial charge in [0.25, 0.3) is 0 Å². The number of hydrogen-bond donors (Lipinski definition) is 1. The molecule has 0 radical (unpaired) electrons. The van der Waals surface area contributed by atoms with Gasteiger partial charge in [0.05, 0.1) is 8.07 Å². The van der Waals surface area contributed by atoms with Crippen LogP contribution in [0.3, 0.4) is 0 Å². The Kier molecular flexibility index (Phi) is 4.93. The molecular formula is C16H27N3OSi. The van der Waals surface area contributed by atoms with Crippen molar-refractivity contribution in [2.75, 3.05) is 36.8 Å². The second kappa shape index (κ2) is 6.51. The summed E-state index contributed by atoms with van der Waals surface area (Å²) in [5.41, 5.74) is 7.73. The van der Waals surface area contributed by atoms with Gasteiger partial charge < -0.3 is 15.5 Å². The normalized spacial score (nSPS) is 16.7. The fraction of sp³-hybridized carbons (Fsp3) is 0.562. The molecular weight excluding hydrogens is 278 g/mol. The minimum absolute atomic E-state index is 0.341. The van der Waals surface area contributed by atoms with Crippen molar-refractivity contribution >= 4 is 25.4 Å². The Bertz CT molecular complexity index is 481. The lowest BCUT2D eigenvalue weighted by molar-refractivity contribution is -0.128. The summed E-state index contributed by atoms with van der Waals surface area (Å²) in [4.78, 5) is 16.8. The molecule has 1 aliphatic rings. The summed E-state index contributed by atoms with van der Waals surface area (Å²) in [6, 6.07) is 8.77. The number of carbonyl (C=O) groups is 1. The van der Waals surface area contributed by atoms with Crippen molar-refractivity contribution in [2.24, 2.45) is 0 Å². The molecule has 2 rings (SSSR count). The highest BCUT2D eigenvalue weighted by atomic mass is 28.3. The summed E-state index contributed by atoms with van der Waals surface area (Å²) in [6.07, 6.45) is 1.03. The number of nitrogens with zero attached hydrogens (tertiary/aromatic N) is 2. The molecule has 1 amide bonds. The van der Waals surface area contributed by atoms with Crippen LogP contribution in [0.15, 0.2) is 24.3 Å². The van der Waals surface area contributed by atoms with Gasteiger partial charge in [0, 0.05) is 43.6 Å². The number of nitrogen functional groups attached to an aromatic ring is 1. The zero-order chi connectivity index (χ0) is 15.5. The summed E-state index contributed by atoms with van der Waals surface area (Å²) < 4.78 is 0. The van der Waals surface area contributed by atoms with Crippen molar-refractivity contribution in [3.63, 3.8) is 0 Å². The zero-order valence-corrected chi connectivity index (χ0v) is 14.4. The smallest absolute Gasteiger partial charge is 0.219 e. The molecule has 0 atom stereocenters. The molecule has 1 fully saturated rings. The first-order valence-electron chi connectivity index (χ1n) is 7.73. The van der Waals surface area contributed by atoms with Crippen molar-refractivity contribution in [1.29, 1.82) is 0 Å². The van der Waals surface area contributed by atoms with E-state index in [1.165, 1.54) is 5.69 Å². The number of carbonyl (C=O) groups excluding carboxylic acids is 1. The number of nitrogens with two attached hydrogens (primary N) is 1. The van der Waals surface area contributed by atoms with Gasteiger partial charge in [0.15, 0.2) is 0 Å². The van der Waals surface area contributed by atoms with Crippen LogP contribution in [0, 0.1) is 0 Å². The van der Waals surface area contributed by atoms with Gasteiger partial charge in [0.2, 0.25) is 5.91 Å². The van der Waals surface area contributed by atoms with Crippen LogP contribution < -0.4 is 10.6 Å². The zero-order valence-electron chi connectivity index (χ0n) is 13.4. The van der Waals surface area contributed by atoms with Crippen molar-refractivity contribution in [2.45, 2.75) is 32.1 Å². The molecule has 0 unspecified atom stereocenters. The minimum atomic E-state index is -1.33. The Morgan fingerprint density at radius 3 is 2.38 bits per heavy atom. The van der Waals surface area contributed by atoms with E-state index in [9.17, 15) is 4.79 Å². The molecule has 4 nitrogen and oxygen atoms in total. The number of benzene rings is 1. The lowest BCUT2D eigenvalue weighted by Crippen LogP contribution is -2.39. The van der Waals surface area contributed by atoms with Gasteiger partial charge in [-0.15, -0.1) is 0 Å². The van der Waals surface area contributed by atoms with E-state index in [1.54, 1.807) is 0 Å². The molecule has 0 spiro atoms. The largest absolute Gasteiger partial charge is 0.399 e. The maximum absolute atomic E-state index is 12.4. The summed E-state index contributed by atoms with van der Waals surface area (Å²) in [7, 11) is -1.33. The van der Waals surface area contributed by atoms with Gasteiger partial charge in [-0.05, 0) is 30.7 Å². The van der Waals surface area contributed by atoms with Crippen LogP contribution in [0.25, 0.3) is 0 Å². The van der Waals surface area contributed by atoms with Gasteiger partial charge in [-0.1, -0.05) is 19.6 Å². The predicted octanol–water partition coefficient (Wildman–Crippen LogP) is 2.65. The SMILES string of the molecule is C[Si](C)(C)CC(=O)N1CCCN(c2ccc(N)cc2)CC1. The highest BCUT2D eigenvalue weighted by Crippen LogP contribution is 2.19. The van der Waals surface area contributed by atoms with E-state index in [2.05, 4.69) is 41.6 Å². The highest BCUT2D eigenvalue weighted by molar-refractivity contribution is 6.78. The topological polar surface area (TPSA) is 49.6 Å². The van der Waals surface area contributed by atoms with E-state index in [0.29, 0.717) is 5.91 Å². The van der Waals surface area contributed by atoms with Gasteiger partial charge in [0.1, 0.15) is 0 Å². The first-order chi connectivity index (χ1) is 9.85. The predicted molar refractivity (Wildman–Crippen MR) is 92.4 cm³/mol. The lowest BCUT2D eigenvalue weighted by atomic mass is 10.2. The molecule has 5 heteroatoms. The maximum Gasteiger partial charge on any atom is 0.219 e. The maximum atomic E-state index is 12.4. The van der Waals surface area contributed by atoms with Crippen molar-refractivity contribution in [1.82, 2.24) is 4.90 Å². The molecule has 1 aromatic carbocycles. The molecule has 1 aliphatic heterocycles. The average Bonchev–Trinajstić information content (AvgIpc) is 2.63. The van der Waals surface area contributed by atoms with Crippen LogP contribution in [0.5, 0.6) is 0 Å². The Morgan fingerprint density at radius 1 is 1.10 bits per heavy atom. The Hall–Kier alpha value is -1.49. The van der Waals surface area contributed by atoms with Gasteiger partial charge in [-0.25, -0.2) is 0 Å². The summed E-state index contributed by atoms with van der Waals surface area (Å²) in [6.45, 7) is 10.4. The molecule has 21 heavy (non-hydrogen) atoms. The lowest BCUT2D eigenvalue weighted by Gasteiger charge is -2.25. The van der Waals surface area contributed by atoms with E-state index < -0.39 is 8.07 Å². The molecule has 0 saturated carbocycles.